The molecule has 7 heteroatoms. The molecule has 0 aromatic heterocycles. The van der Waals surface area contributed by atoms with Crippen molar-refractivity contribution in [1.82, 2.24) is 5.32 Å². The van der Waals surface area contributed by atoms with Crippen molar-refractivity contribution in [3.63, 3.8) is 0 Å². The number of hydrogen-bond acceptors (Lipinski definition) is 4. The van der Waals surface area contributed by atoms with Gasteiger partial charge in [0.25, 0.3) is 0 Å². The molecule has 1 heterocycles. The predicted molar refractivity (Wildman–Crippen MR) is 82.1 cm³/mol. The number of thiocarbonyl (C=S) groups is 1. The van der Waals surface area contributed by atoms with Crippen LogP contribution in [-0.2, 0) is 14.6 Å². The molecule has 2 aliphatic rings. The van der Waals surface area contributed by atoms with Gasteiger partial charge in [-0.2, -0.15) is 0 Å². The largest absolute Gasteiger partial charge is 0.391 e. The topological polar surface area (TPSA) is 89.3 Å². The van der Waals surface area contributed by atoms with Crippen molar-refractivity contribution >= 4 is 33.0 Å². The summed E-state index contributed by atoms with van der Waals surface area (Å²) in [6.07, 6.45) is 6.14. The first-order valence-corrected chi connectivity index (χ1v) is 9.40. The highest BCUT2D eigenvalue weighted by atomic mass is 32.2. The summed E-state index contributed by atoms with van der Waals surface area (Å²) in [6.45, 7) is 0. The lowest BCUT2D eigenvalue weighted by Gasteiger charge is -2.33. The summed E-state index contributed by atoms with van der Waals surface area (Å²) >= 11 is 5.17. The van der Waals surface area contributed by atoms with Crippen LogP contribution < -0.4 is 11.1 Å². The second-order valence-corrected chi connectivity index (χ2v) is 8.62. The summed E-state index contributed by atoms with van der Waals surface area (Å²) in [7, 11) is -3.05. The first kappa shape index (κ1) is 15.7. The molecular weight excluding hydrogens is 296 g/mol. The zero-order valence-corrected chi connectivity index (χ0v) is 13.2. The molecule has 1 aliphatic heterocycles. The minimum atomic E-state index is -3.05. The van der Waals surface area contributed by atoms with Crippen molar-refractivity contribution in [1.29, 1.82) is 0 Å². The zero-order chi connectivity index (χ0) is 14.8. The molecular formula is C13H22N2O3S2. The van der Waals surface area contributed by atoms with Crippen molar-refractivity contribution in [2.24, 2.45) is 11.7 Å². The van der Waals surface area contributed by atoms with Crippen LogP contribution >= 0.6 is 12.2 Å². The van der Waals surface area contributed by atoms with E-state index in [4.69, 9.17) is 18.0 Å². The van der Waals surface area contributed by atoms with Gasteiger partial charge in [-0.25, -0.2) is 8.42 Å². The van der Waals surface area contributed by atoms with Crippen LogP contribution in [0.2, 0.25) is 0 Å². The average molecular weight is 318 g/mol. The van der Waals surface area contributed by atoms with Gasteiger partial charge in [0.1, 0.15) is 0 Å². The standard InChI is InChI=1S/C13H22N2O3S2/c14-12(19)13(6-3-1-2-4-7-13)15-11(16)10-5-8-20(17,18)9-10/h10H,1-9H2,(H2,14,19)(H,15,16). The summed E-state index contributed by atoms with van der Waals surface area (Å²) in [5.41, 5.74) is 5.25. The molecule has 0 radical (unpaired) electrons. The Morgan fingerprint density at radius 3 is 2.25 bits per heavy atom. The van der Waals surface area contributed by atoms with Gasteiger partial charge in [-0.3, -0.25) is 4.79 Å². The van der Waals surface area contributed by atoms with Gasteiger partial charge in [0.15, 0.2) is 9.84 Å². The number of nitrogens with two attached hydrogens (primary N) is 1. The quantitative estimate of drug-likeness (QED) is 0.596. The van der Waals surface area contributed by atoms with Crippen LogP contribution in [0.4, 0.5) is 0 Å². The maximum atomic E-state index is 12.3. The highest BCUT2D eigenvalue weighted by molar-refractivity contribution is 7.91. The molecule has 2 rings (SSSR count). The summed E-state index contributed by atoms with van der Waals surface area (Å²) in [5.74, 6) is -0.604. The molecule has 1 unspecified atom stereocenters. The van der Waals surface area contributed by atoms with Gasteiger partial charge in [-0.1, -0.05) is 37.9 Å². The Morgan fingerprint density at radius 1 is 1.20 bits per heavy atom. The van der Waals surface area contributed by atoms with Crippen LogP contribution in [0.1, 0.15) is 44.9 Å². The Hall–Kier alpha value is -0.690. The Bertz CT molecular complexity index is 494. The number of hydrogen-bond donors (Lipinski definition) is 2. The first-order valence-electron chi connectivity index (χ1n) is 7.17. The molecule has 0 aromatic carbocycles. The third-order valence-corrected chi connectivity index (χ3v) is 6.55. The van der Waals surface area contributed by atoms with E-state index in [-0.39, 0.29) is 17.4 Å². The van der Waals surface area contributed by atoms with Crippen molar-refractivity contribution in [2.75, 3.05) is 11.5 Å². The van der Waals surface area contributed by atoms with Gasteiger partial charge in [0.05, 0.1) is 28.0 Å². The number of carbonyl (C=O) groups is 1. The number of nitrogens with one attached hydrogen (secondary N) is 1. The Morgan fingerprint density at radius 2 is 1.80 bits per heavy atom. The smallest absolute Gasteiger partial charge is 0.224 e. The monoisotopic (exact) mass is 318 g/mol. The molecule has 1 saturated carbocycles. The fourth-order valence-corrected chi connectivity index (χ4v) is 5.10. The number of rotatable bonds is 3. The molecule has 5 nitrogen and oxygen atoms in total. The van der Waals surface area contributed by atoms with E-state index in [0.29, 0.717) is 11.4 Å². The molecule has 2 fully saturated rings. The van der Waals surface area contributed by atoms with Gasteiger partial charge < -0.3 is 11.1 Å². The Balaban J connectivity index is 2.08. The number of carbonyl (C=O) groups excluding carboxylic acids is 1. The first-order chi connectivity index (χ1) is 9.35. The molecule has 0 spiro atoms. The predicted octanol–water partition coefficient (Wildman–Crippen LogP) is 0.916. The molecule has 0 bridgehead atoms. The maximum absolute atomic E-state index is 12.3. The molecule has 1 atom stereocenters. The lowest BCUT2D eigenvalue weighted by atomic mass is 9.89. The van der Waals surface area contributed by atoms with Crippen LogP contribution in [-0.4, -0.2) is 36.4 Å². The Kier molecular flexibility index (Phi) is 4.69. The highest BCUT2D eigenvalue weighted by Crippen LogP contribution is 2.29. The van der Waals surface area contributed by atoms with Crippen molar-refractivity contribution in [2.45, 2.75) is 50.5 Å². The van der Waals surface area contributed by atoms with E-state index in [1.807, 2.05) is 0 Å². The summed E-state index contributed by atoms with van der Waals surface area (Å²) in [6, 6.07) is 0. The van der Waals surface area contributed by atoms with Gasteiger partial charge in [0, 0.05) is 0 Å². The number of amides is 1. The van der Waals surface area contributed by atoms with E-state index in [1.54, 1.807) is 0 Å². The Labute approximate surface area is 125 Å². The van der Waals surface area contributed by atoms with Crippen LogP contribution in [0, 0.1) is 5.92 Å². The van der Waals surface area contributed by atoms with E-state index < -0.39 is 21.3 Å². The van der Waals surface area contributed by atoms with Crippen molar-refractivity contribution in [3.8, 4) is 0 Å². The van der Waals surface area contributed by atoms with Crippen LogP contribution in [0.15, 0.2) is 0 Å². The zero-order valence-electron chi connectivity index (χ0n) is 11.6. The fourth-order valence-electron chi connectivity index (χ4n) is 3.10. The van der Waals surface area contributed by atoms with E-state index in [1.165, 1.54) is 0 Å². The van der Waals surface area contributed by atoms with Crippen LogP contribution in [0.3, 0.4) is 0 Å². The average Bonchev–Trinajstić information content (AvgIpc) is 2.60. The molecule has 1 amide bonds. The van der Waals surface area contributed by atoms with Gasteiger partial charge in [-0.15, -0.1) is 0 Å². The van der Waals surface area contributed by atoms with Crippen LogP contribution in [0.25, 0.3) is 0 Å². The lowest BCUT2D eigenvalue weighted by Crippen LogP contribution is -2.57. The highest BCUT2D eigenvalue weighted by Gasteiger charge is 2.40. The van der Waals surface area contributed by atoms with E-state index >= 15 is 0 Å². The normalized spacial score (nSPS) is 28.5. The summed E-state index contributed by atoms with van der Waals surface area (Å²) in [4.78, 5) is 12.7. The third-order valence-electron chi connectivity index (χ3n) is 4.39. The van der Waals surface area contributed by atoms with Crippen LogP contribution in [0.5, 0.6) is 0 Å². The lowest BCUT2D eigenvalue weighted by molar-refractivity contribution is -0.125. The molecule has 20 heavy (non-hydrogen) atoms. The van der Waals surface area contributed by atoms with Gasteiger partial charge in [0.2, 0.25) is 5.91 Å². The summed E-state index contributed by atoms with van der Waals surface area (Å²) in [5, 5.41) is 2.98. The molecule has 1 saturated heterocycles. The minimum Gasteiger partial charge on any atom is -0.391 e. The number of sulfone groups is 1. The molecule has 1 aliphatic carbocycles. The fraction of sp³-hybridized carbons (Fsp3) is 0.846. The SMILES string of the molecule is NC(=S)C1(NC(=O)C2CCS(=O)(=O)C2)CCCCCC1. The molecule has 114 valence electrons. The van der Waals surface area contributed by atoms with Crippen molar-refractivity contribution < 1.29 is 13.2 Å². The second kappa shape index (κ2) is 5.97. The van der Waals surface area contributed by atoms with E-state index in [9.17, 15) is 13.2 Å². The van der Waals surface area contributed by atoms with E-state index in [0.717, 1.165) is 38.5 Å². The molecule has 0 aromatic rings. The van der Waals surface area contributed by atoms with Gasteiger partial charge >= 0.3 is 0 Å². The van der Waals surface area contributed by atoms with Crippen molar-refractivity contribution in [3.05, 3.63) is 0 Å². The third kappa shape index (κ3) is 3.49. The van der Waals surface area contributed by atoms with E-state index in [2.05, 4.69) is 5.32 Å². The second-order valence-electron chi connectivity index (χ2n) is 5.95. The maximum Gasteiger partial charge on any atom is 0.224 e. The summed E-state index contributed by atoms with van der Waals surface area (Å²) < 4.78 is 23.0. The van der Waals surface area contributed by atoms with Gasteiger partial charge in [-0.05, 0) is 19.3 Å². The minimum absolute atomic E-state index is 0.0494. The molecule has 3 N–H and O–H groups in total.